The second-order valence-electron chi connectivity index (χ2n) is 2.69. The quantitative estimate of drug-likeness (QED) is 0.838. The van der Waals surface area contributed by atoms with Crippen molar-refractivity contribution >= 4 is 11.8 Å². The number of nitrogens with one attached hydrogen (secondary N) is 1. The molecule has 1 aromatic carbocycles. The largest absolute Gasteiger partial charge is 0.494 e. The molecular formula is C10H12FNO3. The lowest BCUT2D eigenvalue weighted by Gasteiger charge is -2.09. The summed E-state index contributed by atoms with van der Waals surface area (Å²) >= 11 is 0. The number of hydrogen-bond donors (Lipinski definition) is 1. The van der Waals surface area contributed by atoms with Crippen LogP contribution in [-0.4, -0.2) is 19.8 Å². The summed E-state index contributed by atoms with van der Waals surface area (Å²) < 4.78 is 22.4. The third-order valence-electron chi connectivity index (χ3n) is 1.68. The Morgan fingerprint density at radius 2 is 2.27 bits per heavy atom. The first kappa shape index (κ1) is 11.3. The second-order valence-corrected chi connectivity index (χ2v) is 2.69. The Bertz CT molecular complexity index is 355. The summed E-state index contributed by atoms with van der Waals surface area (Å²) in [5, 5.41) is 2.44. The monoisotopic (exact) mass is 213 g/mol. The van der Waals surface area contributed by atoms with Gasteiger partial charge in [0.1, 0.15) is 11.6 Å². The molecule has 0 saturated heterocycles. The van der Waals surface area contributed by atoms with Gasteiger partial charge in [-0.15, -0.1) is 0 Å². The van der Waals surface area contributed by atoms with Crippen LogP contribution in [0.4, 0.5) is 14.9 Å². The molecule has 0 spiro atoms. The summed E-state index contributed by atoms with van der Waals surface area (Å²) in [6.45, 7) is 1.97. The summed E-state index contributed by atoms with van der Waals surface area (Å²) in [5.41, 5.74) is 0.373. The zero-order valence-electron chi connectivity index (χ0n) is 8.54. The van der Waals surface area contributed by atoms with Crippen molar-refractivity contribution in [2.45, 2.75) is 6.92 Å². The fraction of sp³-hybridized carbons (Fsp3) is 0.300. The van der Waals surface area contributed by atoms with E-state index >= 15 is 0 Å². The molecule has 1 rings (SSSR count). The molecular weight excluding hydrogens is 201 g/mol. The number of ether oxygens (including phenoxy) is 2. The SMILES string of the molecule is CCOC(=O)Nc1ccc(F)cc1OC. The lowest BCUT2D eigenvalue weighted by Crippen LogP contribution is -2.13. The van der Waals surface area contributed by atoms with E-state index in [1.54, 1.807) is 6.92 Å². The highest BCUT2D eigenvalue weighted by atomic mass is 19.1. The molecule has 0 bridgehead atoms. The van der Waals surface area contributed by atoms with Gasteiger partial charge in [-0.25, -0.2) is 9.18 Å². The molecule has 82 valence electrons. The number of carbonyl (C=O) groups excluding carboxylic acids is 1. The van der Waals surface area contributed by atoms with Crippen molar-refractivity contribution in [1.29, 1.82) is 0 Å². The van der Waals surface area contributed by atoms with Gasteiger partial charge in [0, 0.05) is 6.07 Å². The fourth-order valence-electron chi connectivity index (χ4n) is 1.05. The zero-order chi connectivity index (χ0) is 11.3. The average Bonchev–Trinajstić information content (AvgIpc) is 2.21. The van der Waals surface area contributed by atoms with Gasteiger partial charge in [-0.1, -0.05) is 0 Å². The molecule has 0 aliphatic rings. The lowest BCUT2D eigenvalue weighted by molar-refractivity contribution is 0.168. The van der Waals surface area contributed by atoms with Gasteiger partial charge in [0.05, 0.1) is 19.4 Å². The van der Waals surface area contributed by atoms with E-state index in [-0.39, 0.29) is 12.4 Å². The van der Waals surface area contributed by atoms with Gasteiger partial charge < -0.3 is 9.47 Å². The highest BCUT2D eigenvalue weighted by Crippen LogP contribution is 2.24. The molecule has 0 heterocycles. The van der Waals surface area contributed by atoms with E-state index in [2.05, 4.69) is 10.1 Å². The van der Waals surface area contributed by atoms with Crippen LogP contribution < -0.4 is 10.1 Å². The Kier molecular flexibility index (Phi) is 3.91. The topological polar surface area (TPSA) is 47.6 Å². The highest BCUT2D eigenvalue weighted by Gasteiger charge is 2.08. The van der Waals surface area contributed by atoms with E-state index in [4.69, 9.17) is 4.74 Å². The maximum absolute atomic E-state index is 12.8. The average molecular weight is 213 g/mol. The first-order chi connectivity index (χ1) is 7.17. The van der Waals surface area contributed by atoms with Crippen molar-refractivity contribution in [1.82, 2.24) is 0 Å². The van der Waals surface area contributed by atoms with Crippen molar-refractivity contribution < 1.29 is 18.7 Å². The van der Waals surface area contributed by atoms with E-state index in [1.807, 2.05) is 0 Å². The highest BCUT2D eigenvalue weighted by molar-refractivity contribution is 5.86. The summed E-state index contributed by atoms with van der Waals surface area (Å²) in [6.07, 6.45) is -0.595. The minimum absolute atomic E-state index is 0.253. The molecule has 15 heavy (non-hydrogen) atoms. The number of rotatable bonds is 3. The number of benzene rings is 1. The molecule has 0 radical (unpaired) electrons. The second kappa shape index (κ2) is 5.19. The van der Waals surface area contributed by atoms with E-state index in [9.17, 15) is 9.18 Å². The molecule has 1 aromatic rings. The van der Waals surface area contributed by atoms with Gasteiger partial charge in [-0.3, -0.25) is 5.32 Å². The molecule has 0 saturated carbocycles. The molecule has 0 aliphatic carbocycles. The number of anilines is 1. The molecule has 1 N–H and O–H groups in total. The normalized spacial score (nSPS) is 9.53. The molecule has 1 amide bonds. The Hall–Kier alpha value is -1.78. The van der Waals surface area contributed by atoms with Gasteiger partial charge in [-0.2, -0.15) is 0 Å². The first-order valence-electron chi connectivity index (χ1n) is 4.44. The molecule has 0 unspecified atom stereocenters. The lowest BCUT2D eigenvalue weighted by atomic mass is 10.3. The predicted octanol–water partition coefficient (Wildman–Crippen LogP) is 2.40. The Labute approximate surface area is 87.0 Å². The van der Waals surface area contributed by atoms with Crippen molar-refractivity contribution in [3.8, 4) is 5.75 Å². The maximum Gasteiger partial charge on any atom is 0.411 e. The van der Waals surface area contributed by atoms with Crippen molar-refractivity contribution in [3.63, 3.8) is 0 Å². The summed E-state index contributed by atoms with van der Waals surface area (Å²) in [4.78, 5) is 11.1. The number of hydrogen-bond acceptors (Lipinski definition) is 3. The van der Waals surface area contributed by atoms with Gasteiger partial charge in [0.25, 0.3) is 0 Å². The molecule has 5 heteroatoms. The summed E-state index contributed by atoms with van der Waals surface area (Å²) in [7, 11) is 1.39. The van der Waals surface area contributed by atoms with Crippen molar-refractivity contribution in [2.75, 3.05) is 19.0 Å². The number of carbonyl (C=O) groups is 1. The standard InChI is InChI=1S/C10H12FNO3/c1-3-15-10(13)12-8-5-4-7(11)6-9(8)14-2/h4-6H,3H2,1-2H3,(H,12,13). The van der Waals surface area contributed by atoms with Crippen LogP contribution in [0.1, 0.15) is 6.92 Å². The van der Waals surface area contributed by atoms with E-state index in [0.29, 0.717) is 5.69 Å². The van der Waals surface area contributed by atoms with Crippen LogP contribution in [0.15, 0.2) is 18.2 Å². The minimum atomic E-state index is -0.595. The van der Waals surface area contributed by atoms with Gasteiger partial charge in [0.2, 0.25) is 0 Å². The van der Waals surface area contributed by atoms with Gasteiger partial charge in [-0.05, 0) is 19.1 Å². The van der Waals surface area contributed by atoms with E-state index in [0.717, 1.165) is 0 Å². The zero-order valence-corrected chi connectivity index (χ0v) is 8.54. The van der Waals surface area contributed by atoms with Gasteiger partial charge >= 0.3 is 6.09 Å². The molecule has 0 aliphatic heterocycles. The summed E-state index contributed by atoms with van der Waals surface area (Å²) in [5.74, 6) is -0.177. The minimum Gasteiger partial charge on any atom is -0.494 e. The third kappa shape index (κ3) is 3.12. The van der Waals surface area contributed by atoms with Crippen LogP contribution >= 0.6 is 0 Å². The van der Waals surface area contributed by atoms with Crippen LogP contribution in [0.3, 0.4) is 0 Å². The van der Waals surface area contributed by atoms with Gasteiger partial charge in [0.15, 0.2) is 0 Å². The summed E-state index contributed by atoms with van der Waals surface area (Å²) in [6, 6.07) is 3.82. The molecule has 0 aromatic heterocycles. The van der Waals surface area contributed by atoms with Crippen LogP contribution in [-0.2, 0) is 4.74 Å². The van der Waals surface area contributed by atoms with Crippen molar-refractivity contribution in [2.24, 2.45) is 0 Å². The maximum atomic E-state index is 12.8. The Balaban J connectivity index is 2.80. The Morgan fingerprint density at radius 1 is 1.53 bits per heavy atom. The van der Waals surface area contributed by atoms with Crippen LogP contribution in [0.2, 0.25) is 0 Å². The number of methoxy groups -OCH3 is 1. The fourth-order valence-corrected chi connectivity index (χ4v) is 1.05. The van der Waals surface area contributed by atoms with Crippen molar-refractivity contribution in [3.05, 3.63) is 24.0 Å². The first-order valence-corrected chi connectivity index (χ1v) is 4.44. The van der Waals surface area contributed by atoms with E-state index in [1.165, 1.54) is 25.3 Å². The van der Waals surface area contributed by atoms with Crippen LogP contribution in [0.25, 0.3) is 0 Å². The third-order valence-corrected chi connectivity index (χ3v) is 1.68. The number of amides is 1. The molecule has 0 atom stereocenters. The molecule has 0 fully saturated rings. The number of halogens is 1. The van der Waals surface area contributed by atoms with E-state index < -0.39 is 11.9 Å². The smallest absolute Gasteiger partial charge is 0.411 e. The predicted molar refractivity (Wildman–Crippen MR) is 53.6 cm³/mol. The Morgan fingerprint density at radius 3 is 2.87 bits per heavy atom. The molecule has 4 nitrogen and oxygen atoms in total. The van der Waals surface area contributed by atoms with Crippen LogP contribution in [0.5, 0.6) is 5.75 Å². The van der Waals surface area contributed by atoms with Crippen LogP contribution in [0, 0.1) is 5.82 Å².